The quantitative estimate of drug-likeness (QED) is 0.370. The van der Waals surface area contributed by atoms with E-state index in [1.807, 2.05) is 0 Å². The molecule has 0 saturated heterocycles. The predicted molar refractivity (Wildman–Crippen MR) is 99.1 cm³/mol. The molecule has 2 N–H and O–H groups in total. The third kappa shape index (κ3) is 12.4. The zero-order chi connectivity index (χ0) is 19.1. The highest BCUT2D eigenvalue weighted by atomic mass is 16.5. The first-order valence-electron chi connectivity index (χ1n) is 9.59. The Labute approximate surface area is 152 Å². The molecule has 0 spiro atoms. The summed E-state index contributed by atoms with van der Waals surface area (Å²) in [5.41, 5.74) is 0. The Bertz CT molecular complexity index is 399. The molecule has 0 radical (unpaired) electrons. The topological polar surface area (TPSA) is 84.5 Å². The summed E-state index contributed by atoms with van der Waals surface area (Å²) in [6, 6.07) is -1.40. The van der Waals surface area contributed by atoms with Crippen molar-refractivity contribution in [2.75, 3.05) is 7.11 Å². The fraction of sp³-hybridized carbons (Fsp3) is 0.842. The number of hydrogen-bond donors (Lipinski definition) is 2. The van der Waals surface area contributed by atoms with Crippen LogP contribution in [0.2, 0.25) is 0 Å². The molecule has 0 rings (SSSR count). The first-order valence-corrected chi connectivity index (χ1v) is 9.59. The molecule has 25 heavy (non-hydrogen) atoms. The monoisotopic (exact) mass is 356 g/mol. The van der Waals surface area contributed by atoms with Crippen LogP contribution in [0.5, 0.6) is 0 Å². The molecule has 0 saturated carbocycles. The Balaban J connectivity index is 3.73. The smallest absolute Gasteiger partial charge is 0.328 e. The van der Waals surface area contributed by atoms with Crippen molar-refractivity contribution in [1.29, 1.82) is 0 Å². The second-order valence-corrected chi connectivity index (χ2v) is 6.62. The molecular weight excluding hydrogens is 320 g/mol. The molecule has 0 aliphatic heterocycles. The summed E-state index contributed by atoms with van der Waals surface area (Å²) in [4.78, 5) is 35.0. The third-order valence-electron chi connectivity index (χ3n) is 4.19. The maximum atomic E-state index is 11.9. The molecule has 2 amide bonds. The summed E-state index contributed by atoms with van der Waals surface area (Å²) in [6.45, 7) is 5.36. The van der Waals surface area contributed by atoms with Crippen LogP contribution in [-0.2, 0) is 19.1 Å². The maximum absolute atomic E-state index is 11.9. The van der Waals surface area contributed by atoms with Crippen LogP contribution in [0.25, 0.3) is 0 Å². The van der Waals surface area contributed by atoms with Gasteiger partial charge in [0.25, 0.3) is 0 Å². The van der Waals surface area contributed by atoms with Crippen molar-refractivity contribution < 1.29 is 19.1 Å². The number of carbonyl (C=O) groups is 3. The minimum Gasteiger partial charge on any atom is -0.467 e. The van der Waals surface area contributed by atoms with E-state index in [1.54, 1.807) is 13.8 Å². The van der Waals surface area contributed by atoms with Crippen molar-refractivity contribution in [3.8, 4) is 0 Å². The number of carbonyl (C=O) groups excluding carboxylic acids is 3. The van der Waals surface area contributed by atoms with Gasteiger partial charge in [-0.3, -0.25) is 9.59 Å². The fourth-order valence-electron chi connectivity index (χ4n) is 2.55. The van der Waals surface area contributed by atoms with Crippen molar-refractivity contribution in [2.24, 2.45) is 0 Å². The first kappa shape index (κ1) is 23.4. The molecule has 6 nitrogen and oxygen atoms in total. The van der Waals surface area contributed by atoms with Crippen molar-refractivity contribution in [3.05, 3.63) is 0 Å². The molecule has 0 aromatic rings. The molecule has 2 unspecified atom stereocenters. The number of unbranched alkanes of at least 4 members (excludes halogenated alkanes) is 8. The Morgan fingerprint density at radius 3 is 1.84 bits per heavy atom. The zero-order valence-corrected chi connectivity index (χ0v) is 16.4. The summed E-state index contributed by atoms with van der Waals surface area (Å²) < 4.78 is 4.55. The van der Waals surface area contributed by atoms with E-state index < -0.39 is 24.0 Å². The summed E-state index contributed by atoms with van der Waals surface area (Å²) in [5.74, 6) is -1.03. The van der Waals surface area contributed by atoms with E-state index >= 15 is 0 Å². The van der Waals surface area contributed by atoms with Gasteiger partial charge in [0.1, 0.15) is 12.1 Å². The van der Waals surface area contributed by atoms with Crippen molar-refractivity contribution in [1.82, 2.24) is 10.6 Å². The number of rotatable bonds is 14. The van der Waals surface area contributed by atoms with Crippen LogP contribution in [-0.4, -0.2) is 37.0 Å². The van der Waals surface area contributed by atoms with Gasteiger partial charge in [-0.25, -0.2) is 4.79 Å². The minimum absolute atomic E-state index is 0.128. The Morgan fingerprint density at radius 2 is 1.32 bits per heavy atom. The van der Waals surface area contributed by atoms with E-state index in [2.05, 4.69) is 22.3 Å². The van der Waals surface area contributed by atoms with Crippen LogP contribution in [0.3, 0.4) is 0 Å². The minimum atomic E-state index is -0.728. The normalized spacial score (nSPS) is 13.0. The highest BCUT2D eigenvalue weighted by Gasteiger charge is 2.20. The predicted octanol–water partition coefficient (Wildman–Crippen LogP) is 3.09. The largest absolute Gasteiger partial charge is 0.467 e. The van der Waals surface area contributed by atoms with E-state index in [0.717, 1.165) is 19.3 Å². The second-order valence-electron chi connectivity index (χ2n) is 6.62. The molecule has 146 valence electrons. The van der Waals surface area contributed by atoms with Gasteiger partial charge < -0.3 is 15.4 Å². The van der Waals surface area contributed by atoms with Gasteiger partial charge in [0.05, 0.1) is 7.11 Å². The fourth-order valence-corrected chi connectivity index (χ4v) is 2.55. The Kier molecular flexibility index (Phi) is 13.8. The van der Waals surface area contributed by atoms with Gasteiger partial charge >= 0.3 is 5.97 Å². The number of hydrogen-bond acceptors (Lipinski definition) is 4. The molecule has 0 aliphatic rings. The third-order valence-corrected chi connectivity index (χ3v) is 4.19. The first-order chi connectivity index (χ1) is 11.9. The molecule has 0 heterocycles. The van der Waals surface area contributed by atoms with E-state index in [1.165, 1.54) is 45.6 Å². The SMILES string of the molecule is CCCCCCCCCCCC(=O)NC(C)C(=O)NC(C)C(=O)OC. The number of esters is 1. The Morgan fingerprint density at radius 1 is 0.800 bits per heavy atom. The number of nitrogens with one attached hydrogen (secondary N) is 2. The van der Waals surface area contributed by atoms with Gasteiger partial charge in [0.2, 0.25) is 11.8 Å². The lowest BCUT2D eigenvalue weighted by Gasteiger charge is -2.17. The maximum Gasteiger partial charge on any atom is 0.328 e. The number of amides is 2. The number of ether oxygens (including phenoxy) is 1. The summed E-state index contributed by atoms with van der Waals surface area (Å²) >= 11 is 0. The van der Waals surface area contributed by atoms with Crippen LogP contribution >= 0.6 is 0 Å². The standard InChI is InChI=1S/C19H36N2O4/c1-5-6-7-8-9-10-11-12-13-14-17(22)20-15(2)18(23)21-16(3)19(24)25-4/h15-16H,5-14H2,1-4H3,(H,20,22)(H,21,23). The van der Waals surface area contributed by atoms with E-state index in [-0.39, 0.29) is 5.91 Å². The Hall–Kier alpha value is -1.59. The van der Waals surface area contributed by atoms with Crippen LogP contribution < -0.4 is 10.6 Å². The molecule has 2 atom stereocenters. The number of methoxy groups -OCH3 is 1. The molecule has 0 aliphatic carbocycles. The summed E-state index contributed by atoms with van der Waals surface area (Å²) in [6.07, 6.45) is 11.2. The summed E-state index contributed by atoms with van der Waals surface area (Å²) in [7, 11) is 1.27. The van der Waals surface area contributed by atoms with E-state index in [0.29, 0.717) is 6.42 Å². The second kappa shape index (κ2) is 14.7. The van der Waals surface area contributed by atoms with Crippen molar-refractivity contribution in [2.45, 2.75) is 97.1 Å². The van der Waals surface area contributed by atoms with Gasteiger partial charge in [-0.1, -0.05) is 58.3 Å². The van der Waals surface area contributed by atoms with Gasteiger partial charge in [0, 0.05) is 6.42 Å². The van der Waals surface area contributed by atoms with Gasteiger partial charge in [0.15, 0.2) is 0 Å². The lowest BCUT2D eigenvalue weighted by Crippen LogP contribution is -2.49. The highest BCUT2D eigenvalue weighted by Crippen LogP contribution is 2.10. The zero-order valence-electron chi connectivity index (χ0n) is 16.4. The van der Waals surface area contributed by atoms with Gasteiger partial charge in [-0.05, 0) is 20.3 Å². The molecule has 0 bridgehead atoms. The van der Waals surface area contributed by atoms with Gasteiger partial charge in [-0.15, -0.1) is 0 Å². The lowest BCUT2D eigenvalue weighted by molar-refractivity contribution is -0.144. The van der Waals surface area contributed by atoms with Crippen LogP contribution in [0.15, 0.2) is 0 Å². The van der Waals surface area contributed by atoms with Crippen molar-refractivity contribution >= 4 is 17.8 Å². The molecular formula is C19H36N2O4. The average Bonchev–Trinajstić information content (AvgIpc) is 2.59. The lowest BCUT2D eigenvalue weighted by atomic mass is 10.1. The van der Waals surface area contributed by atoms with E-state index in [4.69, 9.17) is 0 Å². The van der Waals surface area contributed by atoms with Gasteiger partial charge in [-0.2, -0.15) is 0 Å². The molecule has 0 aromatic carbocycles. The van der Waals surface area contributed by atoms with Crippen LogP contribution in [0.4, 0.5) is 0 Å². The average molecular weight is 357 g/mol. The molecule has 6 heteroatoms. The van der Waals surface area contributed by atoms with Crippen LogP contribution in [0, 0.1) is 0 Å². The highest BCUT2D eigenvalue weighted by molar-refractivity contribution is 5.90. The molecule has 0 aromatic heterocycles. The van der Waals surface area contributed by atoms with Crippen molar-refractivity contribution in [3.63, 3.8) is 0 Å². The summed E-state index contributed by atoms with van der Waals surface area (Å²) in [5, 5.41) is 5.18. The van der Waals surface area contributed by atoms with Crippen LogP contribution in [0.1, 0.15) is 85.0 Å². The molecule has 0 fully saturated rings. The van der Waals surface area contributed by atoms with E-state index in [9.17, 15) is 14.4 Å².